The van der Waals surface area contributed by atoms with Gasteiger partial charge in [0.05, 0.1) is 0 Å². The number of hydrogen-bond acceptors (Lipinski definition) is 3. The molecule has 0 saturated carbocycles. The van der Waals surface area contributed by atoms with Crippen LogP contribution in [0.1, 0.15) is 27.0 Å². The quantitative estimate of drug-likeness (QED) is 0.609. The van der Waals surface area contributed by atoms with Crippen LogP contribution in [-0.4, -0.2) is 30.3 Å². The molecule has 28 heavy (non-hydrogen) atoms. The Morgan fingerprint density at radius 2 is 1.57 bits per heavy atom. The summed E-state index contributed by atoms with van der Waals surface area (Å²) in [6.07, 6.45) is -10.4. The highest BCUT2D eigenvalue weighted by Gasteiger charge is 2.71. The zero-order valence-electron chi connectivity index (χ0n) is 14.3. The zero-order valence-corrected chi connectivity index (χ0v) is 14.3. The van der Waals surface area contributed by atoms with Crippen LogP contribution in [0.4, 0.5) is 32.0 Å². The molecule has 0 saturated heterocycles. The largest absolute Gasteiger partial charge is 0.430 e. The predicted octanol–water partition coefficient (Wildman–Crippen LogP) is 4.37. The first-order chi connectivity index (χ1) is 13.0. The number of aldehydes is 1. The van der Waals surface area contributed by atoms with Gasteiger partial charge in [-0.15, -0.1) is 0 Å². The summed E-state index contributed by atoms with van der Waals surface area (Å²) < 4.78 is 77.6. The van der Waals surface area contributed by atoms with Gasteiger partial charge in [0.2, 0.25) is 0 Å². The van der Waals surface area contributed by atoms with E-state index in [0.717, 1.165) is 29.7 Å². The van der Waals surface area contributed by atoms with Crippen molar-refractivity contribution in [3.63, 3.8) is 0 Å². The minimum absolute atomic E-state index is 0.268. The Morgan fingerprint density at radius 1 is 0.964 bits per heavy atom. The third kappa shape index (κ3) is 3.34. The van der Waals surface area contributed by atoms with E-state index in [0.29, 0.717) is 36.2 Å². The van der Waals surface area contributed by atoms with Crippen molar-refractivity contribution in [1.29, 1.82) is 0 Å². The van der Waals surface area contributed by atoms with Crippen molar-refractivity contribution in [2.45, 2.75) is 30.9 Å². The molecular weight excluding hydrogens is 388 g/mol. The third-order valence-corrected chi connectivity index (χ3v) is 4.80. The molecule has 0 spiro atoms. The molecule has 0 radical (unpaired) electrons. The van der Waals surface area contributed by atoms with Crippen LogP contribution in [0.2, 0.25) is 0 Å². The Hall–Kier alpha value is -2.55. The molecule has 9 heteroatoms. The van der Waals surface area contributed by atoms with E-state index in [9.17, 15) is 36.2 Å². The monoisotopic (exact) mass is 403 g/mol. The lowest BCUT2D eigenvalue weighted by atomic mass is 9.91. The first-order valence-corrected chi connectivity index (χ1v) is 8.25. The van der Waals surface area contributed by atoms with E-state index in [1.807, 2.05) is 4.90 Å². The van der Waals surface area contributed by atoms with Gasteiger partial charge in [-0.25, -0.2) is 0 Å². The fourth-order valence-electron chi connectivity index (χ4n) is 3.29. The normalized spacial score (nSPS) is 14.9. The summed E-state index contributed by atoms with van der Waals surface area (Å²) in [6.45, 7) is 0.874. The highest BCUT2D eigenvalue weighted by molar-refractivity contribution is 5.77. The van der Waals surface area contributed by atoms with Gasteiger partial charge in [0, 0.05) is 29.9 Å². The van der Waals surface area contributed by atoms with Crippen molar-refractivity contribution in [2.75, 3.05) is 11.4 Å². The molecular formula is C19H15F6NO2. The lowest BCUT2D eigenvalue weighted by Gasteiger charge is -2.32. The maximum absolute atomic E-state index is 12.9. The van der Waals surface area contributed by atoms with E-state index < -0.39 is 23.5 Å². The van der Waals surface area contributed by atoms with Crippen LogP contribution >= 0.6 is 0 Å². The Balaban J connectivity index is 1.84. The van der Waals surface area contributed by atoms with E-state index >= 15 is 0 Å². The second-order valence-electron chi connectivity index (χ2n) is 6.58. The summed E-state index contributed by atoms with van der Waals surface area (Å²) in [7, 11) is 0. The average molecular weight is 403 g/mol. The number of carbonyl (C=O) groups is 1. The van der Waals surface area contributed by atoms with Crippen LogP contribution in [0.3, 0.4) is 0 Å². The number of alkyl halides is 6. The number of rotatable bonds is 4. The first kappa shape index (κ1) is 20.2. The summed E-state index contributed by atoms with van der Waals surface area (Å²) in [5.41, 5.74) is -3.38. The number of aliphatic hydroxyl groups is 1. The molecule has 2 aromatic carbocycles. The van der Waals surface area contributed by atoms with Crippen molar-refractivity contribution in [2.24, 2.45) is 0 Å². The number of carbonyl (C=O) groups excluding carboxylic acids is 1. The Labute approximate surface area is 156 Å². The van der Waals surface area contributed by atoms with Crippen molar-refractivity contribution in [3.8, 4) is 0 Å². The molecule has 2 aromatic rings. The van der Waals surface area contributed by atoms with E-state index in [2.05, 4.69) is 0 Å². The minimum Gasteiger partial charge on any atom is -0.369 e. The van der Waals surface area contributed by atoms with Crippen LogP contribution in [-0.2, 0) is 18.6 Å². The zero-order chi connectivity index (χ0) is 20.7. The molecule has 0 fully saturated rings. The molecule has 3 rings (SSSR count). The second kappa shape index (κ2) is 6.80. The summed E-state index contributed by atoms with van der Waals surface area (Å²) >= 11 is 0. The van der Waals surface area contributed by atoms with Gasteiger partial charge in [-0.05, 0) is 35.7 Å². The van der Waals surface area contributed by atoms with Crippen LogP contribution in [0, 0.1) is 0 Å². The van der Waals surface area contributed by atoms with E-state index in [-0.39, 0.29) is 6.54 Å². The molecule has 0 aromatic heterocycles. The topological polar surface area (TPSA) is 40.5 Å². The van der Waals surface area contributed by atoms with Gasteiger partial charge in [-0.2, -0.15) is 26.3 Å². The molecule has 0 aliphatic carbocycles. The van der Waals surface area contributed by atoms with Crippen LogP contribution in [0.25, 0.3) is 0 Å². The number of hydrogen-bond donors (Lipinski definition) is 1. The van der Waals surface area contributed by atoms with Gasteiger partial charge >= 0.3 is 12.4 Å². The maximum atomic E-state index is 12.9. The van der Waals surface area contributed by atoms with Gasteiger partial charge in [-0.3, -0.25) is 4.79 Å². The van der Waals surface area contributed by atoms with Crippen LogP contribution in [0.15, 0.2) is 42.5 Å². The summed E-state index contributed by atoms with van der Waals surface area (Å²) in [5, 5.41) is 9.42. The Morgan fingerprint density at radius 3 is 2.11 bits per heavy atom. The Kier molecular flexibility index (Phi) is 4.91. The van der Waals surface area contributed by atoms with Crippen molar-refractivity contribution >= 4 is 12.0 Å². The van der Waals surface area contributed by atoms with Gasteiger partial charge < -0.3 is 10.0 Å². The molecule has 1 aliphatic heterocycles. The highest BCUT2D eigenvalue weighted by atomic mass is 19.4. The van der Waals surface area contributed by atoms with E-state index in [4.69, 9.17) is 0 Å². The molecule has 150 valence electrons. The Bertz CT molecular complexity index is 859. The van der Waals surface area contributed by atoms with Gasteiger partial charge in [0.15, 0.2) is 0 Å². The molecule has 0 unspecified atom stereocenters. The van der Waals surface area contributed by atoms with Gasteiger partial charge in [0.25, 0.3) is 5.60 Å². The third-order valence-electron chi connectivity index (χ3n) is 4.80. The lowest BCUT2D eigenvalue weighted by Crippen LogP contribution is -2.53. The standard InChI is InChI=1S/C19H15F6NO2/c20-18(21,22)17(28,19(23,24)25)15-4-1-12(2-5-15)10-26-8-7-14-9-13(11-27)3-6-16(14)26/h1-6,9,11,28H,7-8,10H2. The molecule has 1 heterocycles. The number of fused-ring (bicyclic) bond motifs is 1. The molecule has 0 atom stereocenters. The molecule has 0 amide bonds. The molecule has 0 bridgehead atoms. The average Bonchev–Trinajstić information content (AvgIpc) is 3.01. The summed E-state index contributed by atoms with van der Waals surface area (Å²) in [6, 6.07) is 8.70. The lowest BCUT2D eigenvalue weighted by molar-refractivity contribution is -0.376. The van der Waals surface area contributed by atoms with Crippen molar-refractivity contribution in [3.05, 3.63) is 64.7 Å². The fraction of sp³-hybridized carbons (Fsp3) is 0.316. The van der Waals surface area contributed by atoms with Crippen molar-refractivity contribution in [1.82, 2.24) is 0 Å². The van der Waals surface area contributed by atoms with Gasteiger partial charge in [0.1, 0.15) is 6.29 Å². The first-order valence-electron chi connectivity index (χ1n) is 8.25. The summed E-state index contributed by atoms with van der Waals surface area (Å²) in [5.74, 6) is 0. The highest BCUT2D eigenvalue weighted by Crippen LogP contribution is 2.50. The maximum Gasteiger partial charge on any atom is 0.430 e. The SMILES string of the molecule is O=Cc1ccc2c(c1)CCN2Cc1ccc(C(O)(C(F)(F)F)C(F)(F)F)cc1. The van der Waals surface area contributed by atoms with Crippen LogP contribution in [0.5, 0.6) is 0 Å². The van der Waals surface area contributed by atoms with Crippen LogP contribution < -0.4 is 4.90 Å². The second-order valence-corrected chi connectivity index (χ2v) is 6.58. The molecule has 3 nitrogen and oxygen atoms in total. The fourth-order valence-corrected chi connectivity index (χ4v) is 3.29. The number of halogens is 6. The predicted molar refractivity (Wildman–Crippen MR) is 89.0 cm³/mol. The summed E-state index contributed by atoms with van der Waals surface area (Å²) in [4.78, 5) is 12.8. The minimum atomic E-state index is -5.91. The molecule has 1 N–H and O–H groups in total. The smallest absolute Gasteiger partial charge is 0.369 e. The van der Waals surface area contributed by atoms with Gasteiger partial charge in [-0.1, -0.05) is 24.3 Å². The number of benzene rings is 2. The molecule has 1 aliphatic rings. The number of nitrogens with zero attached hydrogens (tertiary/aromatic N) is 1. The van der Waals surface area contributed by atoms with E-state index in [1.165, 1.54) is 0 Å². The van der Waals surface area contributed by atoms with Crippen molar-refractivity contribution < 1.29 is 36.2 Å². The number of anilines is 1. The van der Waals surface area contributed by atoms with E-state index in [1.54, 1.807) is 18.2 Å².